The highest BCUT2D eigenvalue weighted by molar-refractivity contribution is 5.97. The monoisotopic (exact) mass is 228 g/mol. The minimum absolute atomic E-state index is 0.283. The maximum Gasteiger partial charge on any atom is 0.155 e. The number of benzene rings is 1. The molecular formula is C16H20O. The third-order valence-corrected chi connectivity index (χ3v) is 3.40. The smallest absolute Gasteiger partial charge is 0.155 e. The van der Waals surface area contributed by atoms with Gasteiger partial charge in [-0.2, -0.15) is 0 Å². The molecule has 0 N–H and O–H groups in total. The van der Waals surface area contributed by atoms with Gasteiger partial charge in [-0.15, -0.1) is 0 Å². The van der Waals surface area contributed by atoms with E-state index in [4.69, 9.17) is 0 Å². The standard InChI is InChI=1S/C16H20O/c1-12(2)13-7-9-14(10-8-13)15-5-3-4-6-16(17)11-15/h7-12H,3-6H2,1-2H3. The van der Waals surface area contributed by atoms with Crippen LogP contribution in [0.3, 0.4) is 0 Å². The molecule has 0 saturated carbocycles. The van der Waals surface area contributed by atoms with Crippen molar-refractivity contribution >= 4 is 11.4 Å². The summed E-state index contributed by atoms with van der Waals surface area (Å²) in [6, 6.07) is 8.66. The highest BCUT2D eigenvalue weighted by atomic mass is 16.1. The Balaban J connectivity index is 2.24. The van der Waals surface area contributed by atoms with E-state index in [1.54, 1.807) is 0 Å². The molecule has 0 radical (unpaired) electrons. The van der Waals surface area contributed by atoms with Gasteiger partial charge < -0.3 is 0 Å². The first-order chi connectivity index (χ1) is 8.16. The van der Waals surface area contributed by atoms with Gasteiger partial charge >= 0.3 is 0 Å². The Morgan fingerprint density at radius 3 is 2.29 bits per heavy atom. The molecule has 90 valence electrons. The summed E-state index contributed by atoms with van der Waals surface area (Å²) < 4.78 is 0. The van der Waals surface area contributed by atoms with Crippen molar-refractivity contribution in [1.82, 2.24) is 0 Å². The topological polar surface area (TPSA) is 17.1 Å². The SMILES string of the molecule is CC(C)c1ccc(C2=CC(=O)CCCC2)cc1. The summed E-state index contributed by atoms with van der Waals surface area (Å²) in [4.78, 5) is 11.6. The molecule has 0 bridgehead atoms. The molecule has 0 spiro atoms. The van der Waals surface area contributed by atoms with Gasteiger partial charge in [0, 0.05) is 6.42 Å². The molecule has 2 rings (SSSR count). The van der Waals surface area contributed by atoms with E-state index < -0.39 is 0 Å². The van der Waals surface area contributed by atoms with Gasteiger partial charge in [0.15, 0.2) is 5.78 Å². The summed E-state index contributed by atoms with van der Waals surface area (Å²) >= 11 is 0. The van der Waals surface area contributed by atoms with Gasteiger partial charge in [0.25, 0.3) is 0 Å². The van der Waals surface area contributed by atoms with Crippen molar-refractivity contribution in [2.24, 2.45) is 0 Å². The Kier molecular flexibility index (Phi) is 3.78. The van der Waals surface area contributed by atoms with Crippen molar-refractivity contribution in [3.05, 3.63) is 41.5 Å². The lowest BCUT2D eigenvalue weighted by Gasteiger charge is -2.09. The first kappa shape index (κ1) is 12.1. The Hall–Kier alpha value is -1.37. The molecule has 1 nitrogen and oxygen atoms in total. The minimum Gasteiger partial charge on any atom is -0.295 e. The van der Waals surface area contributed by atoms with Crippen molar-refractivity contribution in [3.63, 3.8) is 0 Å². The molecule has 1 aromatic carbocycles. The molecule has 0 heterocycles. The summed E-state index contributed by atoms with van der Waals surface area (Å²) in [6.45, 7) is 4.40. The molecular weight excluding hydrogens is 208 g/mol. The van der Waals surface area contributed by atoms with Gasteiger partial charge in [0.1, 0.15) is 0 Å². The van der Waals surface area contributed by atoms with Gasteiger partial charge in [-0.1, -0.05) is 38.1 Å². The second-order valence-corrected chi connectivity index (χ2v) is 5.12. The lowest BCUT2D eigenvalue weighted by molar-refractivity contribution is -0.114. The largest absolute Gasteiger partial charge is 0.295 e. The summed E-state index contributed by atoms with van der Waals surface area (Å²) in [5.41, 5.74) is 3.78. The van der Waals surface area contributed by atoms with Crippen LogP contribution in [0.1, 0.15) is 56.6 Å². The normalized spacial score (nSPS) is 16.9. The predicted molar refractivity (Wildman–Crippen MR) is 72.0 cm³/mol. The van der Waals surface area contributed by atoms with Crippen molar-refractivity contribution in [3.8, 4) is 0 Å². The second kappa shape index (κ2) is 5.31. The molecule has 0 atom stereocenters. The fourth-order valence-corrected chi connectivity index (χ4v) is 2.26. The fraction of sp³-hybridized carbons (Fsp3) is 0.438. The number of carbonyl (C=O) groups excluding carboxylic acids is 1. The molecule has 0 amide bonds. The van der Waals surface area contributed by atoms with Gasteiger partial charge in [0.2, 0.25) is 0 Å². The zero-order valence-electron chi connectivity index (χ0n) is 10.7. The lowest BCUT2D eigenvalue weighted by Crippen LogP contribution is -1.92. The van der Waals surface area contributed by atoms with E-state index in [1.807, 2.05) is 6.08 Å². The zero-order chi connectivity index (χ0) is 12.3. The predicted octanol–water partition coefficient (Wildman–Crippen LogP) is 4.34. The number of allylic oxidation sites excluding steroid dienone is 2. The van der Waals surface area contributed by atoms with Gasteiger partial charge in [-0.3, -0.25) is 4.79 Å². The Labute approximate surface area is 104 Å². The van der Waals surface area contributed by atoms with Crippen LogP contribution in [0.2, 0.25) is 0 Å². The van der Waals surface area contributed by atoms with E-state index in [0.717, 1.165) is 19.3 Å². The third kappa shape index (κ3) is 3.06. The van der Waals surface area contributed by atoms with E-state index in [2.05, 4.69) is 38.1 Å². The average molecular weight is 228 g/mol. The lowest BCUT2D eigenvalue weighted by atomic mass is 9.97. The number of hydrogen-bond acceptors (Lipinski definition) is 1. The van der Waals surface area contributed by atoms with Crippen LogP contribution in [0.25, 0.3) is 5.57 Å². The average Bonchev–Trinajstić information content (AvgIpc) is 2.54. The summed E-state index contributed by atoms with van der Waals surface area (Å²) in [5, 5.41) is 0. The summed E-state index contributed by atoms with van der Waals surface area (Å²) in [7, 11) is 0. The molecule has 1 aromatic rings. The van der Waals surface area contributed by atoms with E-state index >= 15 is 0 Å². The maximum atomic E-state index is 11.6. The van der Waals surface area contributed by atoms with Gasteiger partial charge in [-0.25, -0.2) is 0 Å². The molecule has 0 fully saturated rings. The molecule has 0 unspecified atom stereocenters. The summed E-state index contributed by atoms with van der Waals surface area (Å²) in [5.74, 6) is 0.847. The van der Waals surface area contributed by atoms with Crippen molar-refractivity contribution in [2.45, 2.75) is 45.4 Å². The van der Waals surface area contributed by atoms with E-state index in [9.17, 15) is 4.79 Å². The van der Waals surface area contributed by atoms with Crippen LogP contribution in [0.5, 0.6) is 0 Å². The second-order valence-electron chi connectivity index (χ2n) is 5.12. The molecule has 0 saturated heterocycles. The number of ketones is 1. The Bertz CT molecular complexity index is 423. The maximum absolute atomic E-state index is 11.6. The van der Waals surface area contributed by atoms with E-state index in [0.29, 0.717) is 12.3 Å². The van der Waals surface area contributed by atoms with Crippen LogP contribution in [0.4, 0.5) is 0 Å². The van der Waals surface area contributed by atoms with E-state index in [1.165, 1.54) is 16.7 Å². The number of carbonyl (C=O) groups is 1. The summed E-state index contributed by atoms with van der Waals surface area (Å²) in [6.07, 6.45) is 5.75. The molecule has 0 aliphatic heterocycles. The first-order valence-corrected chi connectivity index (χ1v) is 6.50. The van der Waals surface area contributed by atoms with Gasteiger partial charge in [0.05, 0.1) is 0 Å². The quantitative estimate of drug-likeness (QED) is 0.736. The van der Waals surface area contributed by atoms with Crippen LogP contribution in [-0.2, 0) is 4.79 Å². The molecule has 0 aromatic heterocycles. The molecule has 17 heavy (non-hydrogen) atoms. The molecule has 1 aliphatic rings. The van der Waals surface area contributed by atoms with Crippen LogP contribution < -0.4 is 0 Å². The van der Waals surface area contributed by atoms with Crippen LogP contribution in [-0.4, -0.2) is 5.78 Å². The van der Waals surface area contributed by atoms with Crippen LogP contribution >= 0.6 is 0 Å². The Morgan fingerprint density at radius 1 is 1.00 bits per heavy atom. The van der Waals surface area contributed by atoms with Crippen molar-refractivity contribution < 1.29 is 4.79 Å². The highest BCUT2D eigenvalue weighted by Gasteiger charge is 2.10. The van der Waals surface area contributed by atoms with Crippen LogP contribution in [0.15, 0.2) is 30.3 Å². The van der Waals surface area contributed by atoms with Crippen molar-refractivity contribution in [2.75, 3.05) is 0 Å². The van der Waals surface area contributed by atoms with Crippen LogP contribution in [0, 0.1) is 0 Å². The molecule has 1 heteroatoms. The van der Waals surface area contributed by atoms with Gasteiger partial charge in [-0.05, 0) is 48.0 Å². The third-order valence-electron chi connectivity index (χ3n) is 3.40. The zero-order valence-corrected chi connectivity index (χ0v) is 10.7. The van der Waals surface area contributed by atoms with Crippen molar-refractivity contribution in [1.29, 1.82) is 0 Å². The number of hydrogen-bond donors (Lipinski definition) is 0. The van der Waals surface area contributed by atoms with E-state index in [-0.39, 0.29) is 5.78 Å². The Morgan fingerprint density at radius 2 is 1.65 bits per heavy atom. The minimum atomic E-state index is 0.283. The number of rotatable bonds is 2. The molecule has 1 aliphatic carbocycles. The highest BCUT2D eigenvalue weighted by Crippen LogP contribution is 2.26. The first-order valence-electron chi connectivity index (χ1n) is 6.50. The fourth-order valence-electron chi connectivity index (χ4n) is 2.26.